The predicted molar refractivity (Wildman–Crippen MR) is 79.0 cm³/mol. The van der Waals surface area contributed by atoms with Gasteiger partial charge < -0.3 is 0 Å². The van der Waals surface area contributed by atoms with Gasteiger partial charge in [0.25, 0.3) is 0 Å². The molecule has 0 bridgehead atoms. The molecule has 5 nitrogen and oxygen atoms in total. The van der Waals surface area contributed by atoms with Gasteiger partial charge in [-0.2, -0.15) is 5.10 Å². The fraction of sp³-hybridized carbons (Fsp3) is 0.600. The van der Waals surface area contributed by atoms with Crippen LogP contribution in [-0.2, 0) is 6.42 Å². The van der Waals surface area contributed by atoms with Gasteiger partial charge in [0.05, 0.1) is 0 Å². The van der Waals surface area contributed by atoms with Crippen LogP contribution in [0.3, 0.4) is 0 Å². The number of hydrogen-bond acceptors (Lipinski definition) is 3. The molecule has 0 radical (unpaired) electrons. The number of piperidine rings is 1. The van der Waals surface area contributed by atoms with Crippen molar-refractivity contribution in [1.82, 2.24) is 19.5 Å². The van der Waals surface area contributed by atoms with E-state index >= 15 is 0 Å². The largest absolute Gasteiger partial charge is 0.298 e. The number of fused-ring (bicyclic) bond motifs is 1. The second-order valence-corrected chi connectivity index (χ2v) is 5.94. The van der Waals surface area contributed by atoms with Crippen molar-refractivity contribution in [2.45, 2.75) is 51.6 Å². The number of nitrogens with zero attached hydrogens (tertiary/aromatic N) is 3. The summed E-state index contributed by atoms with van der Waals surface area (Å²) >= 11 is 0. The van der Waals surface area contributed by atoms with E-state index in [2.05, 4.69) is 28.9 Å². The third kappa shape index (κ3) is 2.50. The molecule has 1 N–H and O–H groups in total. The number of likely N-dealkylation sites (tertiary alicyclic amines) is 1. The molecule has 0 aliphatic carbocycles. The number of pyridine rings is 1. The standard InChI is InChI=1S/C15H22N4O/c1-11(2)18-7-4-3-5-12(18)9-14-16-17-15-10-13(20)6-8-19(14)15/h6,8,10-12,17H,3-5,7,9H2,1-2H3. The minimum Gasteiger partial charge on any atom is -0.298 e. The molecule has 20 heavy (non-hydrogen) atoms. The summed E-state index contributed by atoms with van der Waals surface area (Å²) in [5.74, 6) is 1.01. The molecule has 2 aromatic heterocycles. The summed E-state index contributed by atoms with van der Waals surface area (Å²) in [5.41, 5.74) is 0.793. The molecule has 1 saturated heterocycles. The van der Waals surface area contributed by atoms with E-state index in [1.807, 2.05) is 10.6 Å². The lowest BCUT2D eigenvalue weighted by molar-refractivity contribution is 0.110. The zero-order valence-corrected chi connectivity index (χ0v) is 12.2. The molecule has 1 aliphatic rings. The average Bonchev–Trinajstić information content (AvgIpc) is 2.81. The maximum absolute atomic E-state index is 11.4. The van der Waals surface area contributed by atoms with Gasteiger partial charge in [-0.3, -0.25) is 19.2 Å². The van der Waals surface area contributed by atoms with E-state index < -0.39 is 0 Å². The lowest BCUT2D eigenvalue weighted by atomic mass is 9.97. The average molecular weight is 274 g/mol. The number of rotatable bonds is 3. The van der Waals surface area contributed by atoms with Crippen molar-refractivity contribution < 1.29 is 0 Å². The molecule has 0 spiro atoms. The highest BCUT2D eigenvalue weighted by atomic mass is 16.1. The first-order valence-electron chi connectivity index (χ1n) is 7.46. The molecule has 1 fully saturated rings. The van der Waals surface area contributed by atoms with Gasteiger partial charge in [-0.1, -0.05) is 6.42 Å². The zero-order valence-electron chi connectivity index (χ0n) is 12.2. The summed E-state index contributed by atoms with van der Waals surface area (Å²) in [4.78, 5) is 13.9. The molecule has 108 valence electrons. The van der Waals surface area contributed by atoms with Gasteiger partial charge in [0.15, 0.2) is 5.43 Å². The van der Waals surface area contributed by atoms with Crippen molar-refractivity contribution >= 4 is 5.65 Å². The third-order valence-electron chi connectivity index (χ3n) is 4.26. The summed E-state index contributed by atoms with van der Waals surface area (Å²) in [6, 6.07) is 4.31. The Morgan fingerprint density at radius 3 is 3.10 bits per heavy atom. The highest BCUT2D eigenvalue weighted by Gasteiger charge is 2.25. The first kappa shape index (κ1) is 13.4. The van der Waals surface area contributed by atoms with Crippen LogP contribution in [-0.4, -0.2) is 38.1 Å². The van der Waals surface area contributed by atoms with Crippen molar-refractivity contribution in [1.29, 1.82) is 0 Å². The van der Waals surface area contributed by atoms with Gasteiger partial charge in [0, 0.05) is 36.8 Å². The highest BCUT2D eigenvalue weighted by molar-refractivity contribution is 5.37. The molecule has 3 heterocycles. The molecule has 1 unspecified atom stereocenters. The lowest BCUT2D eigenvalue weighted by Gasteiger charge is -2.38. The van der Waals surface area contributed by atoms with Gasteiger partial charge >= 0.3 is 0 Å². The third-order valence-corrected chi connectivity index (χ3v) is 4.26. The summed E-state index contributed by atoms with van der Waals surface area (Å²) in [7, 11) is 0. The number of nitrogens with one attached hydrogen (secondary N) is 1. The van der Waals surface area contributed by atoms with Crippen LogP contribution in [0.1, 0.15) is 38.9 Å². The van der Waals surface area contributed by atoms with Gasteiger partial charge in [0.1, 0.15) is 11.5 Å². The van der Waals surface area contributed by atoms with Crippen LogP contribution in [0.5, 0.6) is 0 Å². The van der Waals surface area contributed by atoms with Gasteiger partial charge in [-0.05, 0) is 33.2 Å². The number of aromatic amines is 1. The van der Waals surface area contributed by atoms with Crippen molar-refractivity contribution in [2.75, 3.05) is 6.54 Å². The molecule has 3 rings (SSSR count). The van der Waals surface area contributed by atoms with E-state index in [4.69, 9.17) is 0 Å². The number of H-pyrrole nitrogens is 1. The van der Waals surface area contributed by atoms with E-state index in [1.165, 1.54) is 25.8 Å². The molecule has 0 saturated carbocycles. The normalized spacial score (nSPS) is 20.9. The van der Waals surface area contributed by atoms with Crippen LogP contribution in [0.15, 0.2) is 23.1 Å². The van der Waals surface area contributed by atoms with Crippen LogP contribution in [0.4, 0.5) is 0 Å². The highest BCUT2D eigenvalue weighted by Crippen LogP contribution is 2.22. The molecule has 2 aromatic rings. The quantitative estimate of drug-likeness (QED) is 0.929. The van der Waals surface area contributed by atoms with E-state index in [-0.39, 0.29) is 5.43 Å². The Kier molecular flexibility index (Phi) is 3.61. The van der Waals surface area contributed by atoms with Crippen molar-refractivity contribution in [3.8, 4) is 0 Å². The van der Waals surface area contributed by atoms with Gasteiger partial charge in [0.2, 0.25) is 0 Å². The summed E-state index contributed by atoms with van der Waals surface area (Å²) in [6.45, 7) is 5.70. The molecular weight excluding hydrogens is 252 g/mol. The van der Waals surface area contributed by atoms with Crippen molar-refractivity contribution in [3.05, 3.63) is 34.4 Å². The molecule has 0 aromatic carbocycles. The summed E-state index contributed by atoms with van der Waals surface area (Å²) in [6.07, 6.45) is 6.57. The van der Waals surface area contributed by atoms with Crippen LogP contribution >= 0.6 is 0 Å². The smallest absolute Gasteiger partial charge is 0.183 e. The predicted octanol–water partition coefficient (Wildman–Crippen LogP) is 1.83. The first-order valence-corrected chi connectivity index (χ1v) is 7.46. The number of hydrogen-bond donors (Lipinski definition) is 1. The summed E-state index contributed by atoms with van der Waals surface area (Å²) in [5, 5.41) is 7.35. The molecule has 1 atom stereocenters. The number of aromatic nitrogens is 3. The Bertz CT molecular complexity index is 643. The van der Waals surface area contributed by atoms with Crippen LogP contribution in [0.2, 0.25) is 0 Å². The molecule has 0 amide bonds. The Labute approximate surface area is 118 Å². The minimum absolute atomic E-state index is 0.0154. The van der Waals surface area contributed by atoms with Crippen LogP contribution in [0.25, 0.3) is 5.65 Å². The second kappa shape index (κ2) is 5.40. The molecule has 1 aliphatic heterocycles. The first-order chi connectivity index (χ1) is 9.65. The van der Waals surface area contributed by atoms with Crippen LogP contribution < -0.4 is 5.43 Å². The fourth-order valence-electron chi connectivity index (χ4n) is 3.24. The monoisotopic (exact) mass is 274 g/mol. The van der Waals surface area contributed by atoms with Gasteiger partial charge in [-0.25, -0.2) is 0 Å². The van der Waals surface area contributed by atoms with E-state index in [0.29, 0.717) is 12.1 Å². The maximum Gasteiger partial charge on any atom is 0.183 e. The van der Waals surface area contributed by atoms with Gasteiger partial charge in [-0.15, -0.1) is 0 Å². The fourth-order valence-corrected chi connectivity index (χ4v) is 3.24. The maximum atomic E-state index is 11.4. The zero-order chi connectivity index (χ0) is 14.1. The van der Waals surface area contributed by atoms with Crippen molar-refractivity contribution in [3.63, 3.8) is 0 Å². The SMILES string of the molecule is CC(C)N1CCCCC1Cc1n[nH]c2cc(=O)ccn12. The Hall–Kier alpha value is -1.62. The Balaban J connectivity index is 1.86. The van der Waals surface area contributed by atoms with Crippen LogP contribution in [0, 0.1) is 0 Å². The van der Waals surface area contributed by atoms with E-state index in [1.54, 1.807) is 12.1 Å². The molecular formula is C15H22N4O. The lowest BCUT2D eigenvalue weighted by Crippen LogP contribution is -2.45. The van der Waals surface area contributed by atoms with Crippen molar-refractivity contribution in [2.24, 2.45) is 0 Å². The minimum atomic E-state index is 0.0154. The Morgan fingerprint density at radius 2 is 2.30 bits per heavy atom. The topological polar surface area (TPSA) is 53.4 Å². The summed E-state index contributed by atoms with van der Waals surface area (Å²) < 4.78 is 1.99. The Morgan fingerprint density at radius 1 is 1.45 bits per heavy atom. The second-order valence-electron chi connectivity index (χ2n) is 5.94. The van der Waals surface area contributed by atoms with E-state index in [9.17, 15) is 4.79 Å². The molecule has 5 heteroatoms. The van der Waals surface area contributed by atoms with E-state index in [0.717, 1.165) is 17.9 Å².